The van der Waals surface area contributed by atoms with Crippen LogP contribution in [0.15, 0.2) is 10.3 Å². The Morgan fingerprint density at radius 1 is 1.50 bits per heavy atom. The van der Waals surface area contributed by atoms with Gasteiger partial charge in [0.15, 0.2) is 9.84 Å². The largest absolute Gasteiger partial charge is 0.252 e. The highest BCUT2D eigenvalue weighted by atomic mass is 35.5. The maximum atomic E-state index is 12.5. The monoisotopic (exact) mass is 357 g/mol. The Kier molecular flexibility index (Phi) is 4.52. The minimum atomic E-state index is -3.66. The topological polar surface area (TPSA) is 71.5 Å². The van der Waals surface area contributed by atoms with Crippen molar-refractivity contribution in [2.24, 2.45) is 0 Å². The highest BCUT2D eigenvalue weighted by molar-refractivity contribution is 7.92. The Bertz CT molecular complexity index is 708. The van der Waals surface area contributed by atoms with Crippen LogP contribution in [0.1, 0.15) is 16.9 Å². The van der Waals surface area contributed by atoms with Gasteiger partial charge in [-0.2, -0.15) is 4.31 Å². The lowest BCUT2D eigenvalue weighted by Crippen LogP contribution is -2.37. The quantitative estimate of drug-likeness (QED) is 0.767. The molecule has 2 heterocycles. The summed E-state index contributed by atoms with van der Waals surface area (Å²) in [5.74, 6) is 0.219. The predicted octanol–water partition coefficient (Wildman–Crippen LogP) is 1.60. The second-order valence-corrected chi connectivity index (χ2v) is 10.7. The first-order valence-corrected chi connectivity index (χ1v) is 10.6. The Labute approximate surface area is 128 Å². The lowest BCUT2D eigenvalue weighted by Gasteiger charge is -2.21. The van der Waals surface area contributed by atoms with E-state index in [9.17, 15) is 16.8 Å². The zero-order chi connectivity index (χ0) is 15.1. The number of rotatable bonds is 4. The summed E-state index contributed by atoms with van der Waals surface area (Å²) in [6, 6.07) is 1.12. The molecular weight excluding hydrogens is 342 g/mol. The molecule has 1 aliphatic rings. The molecule has 0 bridgehead atoms. The summed E-state index contributed by atoms with van der Waals surface area (Å²) in [6.45, 7) is 1.81. The zero-order valence-electron chi connectivity index (χ0n) is 11.2. The molecule has 1 saturated heterocycles. The standard InChI is InChI=1S/C11H16ClNO4S3/c1-8-5-11(18-10(8)6-12)20(16,17)13(2)9-3-4-19(14,15)7-9/h5,9H,3-4,6-7H2,1-2H3. The van der Waals surface area contributed by atoms with Crippen molar-refractivity contribution in [3.05, 3.63) is 16.5 Å². The van der Waals surface area contributed by atoms with E-state index in [1.807, 2.05) is 6.92 Å². The third kappa shape index (κ3) is 3.04. The van der Waals surface area contributed by atoms with E-state index in [0.717, 1.165) is 21.8 Å². The molecule has 0 aliphatic carbocycles. The van der Waals surface area contributed by atoms with Gasteiger partial charge in [0.05, 0.1) is 17.4 Å². The van der Waals surface area contributed by atoms with Crippen LogP contribution in [0, 0.1) is 6.92 Å². The van der Waals surface area contributed by atoms with Crippen LogP contribution in [-0.4, -0.2) is 45.7 Å². The summed E-state index contributed by atoms with van der Waals surface area (Å²) in [6.07, 6.45) is 0.352. The smallest absolute Gasteiger partial charge is 0.229 e. The number of thiophene rings is 1. The van der Waals surface area contributed by atoms with E-state index in [0.29, 0.717) is 6.42 Å². The maximum Gasteiger partial charge on any atom is 0.252 e. The van der Waals surface area contributed by atoms with E-state index in [4.69, 9.17) is 11.6 Å². The zero-order valence-corrected chi connectivity index (χ0v) is 14.4. The molecule has 2 rings (SSSR count). The van der Waals surface area contributed by atoms with E-state index in [1.165, 1.54) is 11.4 Å². The van der Waals surface area contributed by atoms with Gasteiger partial charge in [-0.05, 0) is 25.0 Å². The molecule has 1 aromatic rings. The van der Waals surface area contributed by atoms with Crippen molar-refractivity contribution in [2.45, 2.75) is 29.5 Å². The summed E-state index contributed by atoms with van der Waals surface area (Å²) >= 11 is 6.90. The third-order valence-corrected chi connectivity index (χ3v) is 9.25. The fourth-order valence-electron chi connectivity index (χ4n) is 2.15. The fourth-order valence-corrected chi connectivity index (χ4v) is 7.40. The van der Waals surface area contributed by atoms with Gasteiger partial charge in [0.1, 0.15) is 4.21 Å². The van der Waals surface area contributed by atoms with Crippen molar-refractivity contribution >= 4 is 42.8 Å². The van der Waals surface area contributed by atoms with Crippen molar-refractivity contribution in [1.29, 1.82) is 0 Å². The predicted molar refractivity (Wildman–Crippen MR) is 80.6 cm³/mol. The highest BCUT2D eigenvalue weighted by Gasteiger charge is 2.37. The van der Waals surface area contributed by atoms with Gasteiger partial charge in [0.2, 0.25) is 0 Å². The number of aryl methyl sites for hydroxylation is 1. The van der Waals surface area contributed by atoms with Gasteiger partial charge in [0.25, 0.3) is 10.0 Å². The van der Waals surface area contributed by atoms with Crippen LogP contribution in [0.2, 0.25) is 0 Å². The van der Waals surface area contributed by atoms with E-state index >= 15 is 0 Å². The molecule has 1 fully saturated rings. The van der Waals surface area contributed by atoms with Crippen LogP contribution >= 0.6 is 22.9 Å². The summed E-state index contributed by atoms with van der Waals surface area (Å²) in [7, 11) is -5.33. The molecule has 0 saturated carbocycles. The van der Waals surface area contributed by atoms with Crippen molar-refractivity contribution in [2.75, 3.05) is 18.6 Å². The third-order valence-electron chi connectivity index (χ3n) is 3.48. The average molecular weight is 358 g/mol. The second-order valence-electron chi connectivity index (χ2n) is 4.88. The van der Waals surface area contributed by atoms with Crippen molar-refractivity contribution in [3.8, 4) is 0 Å². The first-order chi connectivity index (χ1) is 9.17. The molecule has 0 radical (unpaired) electrons. The van der Waals surface area contributed by atoms with Gasteiger partial charge in [-0.25, -0.2) is 16.8 Å². The number of nitrogens with zero attached hydrogens (tertiary/aromatic N) is 1. The lowest BCUT2D eigenvalue weighted by molar-refractivity contribution is 0.395. The van der Waals surface area contributed by atoms with Gasteiger partial charge in [0, 0.05) is 18.0 Å². The molecule has 1 aliphatic heterocycles. The van der Waals surface area contributed by atoms with Gasteiger partial charge in [-0.3, -0.25) is 0 Å². The summed E-state index contributed by atoms with van der Waals surface area (Å²) in [4.78, 5) is 0.817. The van der Waals surface area contributed by atoms with Crippen molar-refractivity contribution in [1.82, 2.24) is 4.31 Å². The average Bonchev–Trinajstić information content (AvgIpc) is 2.91. The number of alkyl halides is 1. The van der Waals surface area contributed by atoms with E-state index in [-0.39, 0.29) is 21.6 Å². The van der Waals surface area contributed by atoms with Gasteiger partial charge < -0.3 is 0 Å². The summed E-state index contributed by atoms with van der Waals surface area (Å²) in [5, 5.41) is 0. The molecule has 5 nitrogen and oxygen atoms in total. The minimum Gasteiger partial charge on any atom is -0.229 e. The molecule has 114 valence electrons. The SMILES string of the molecule is Cc1cc(S(=O)(=O)N(C)C2CCS(=O)(=O)C2)sc1CCl. The highest BCUT2D eigenvalue weighted by Crippen LogP contribution is 2.31. The Balaban J connectivity index is 2.30. The lowest BCUT2D eigenvalue weighted by atomic mass is 10.3. The number of sulfone groups is 1. The van der Waals surface area contributed by atoms with Crippen LogP contribution in [-0.2, 0) is 25.7 Å². The Morgan fingerprint density at radius 2 is 2.15 bits per heavy atom. The molecule has 0 aromatic carbocycles. The van der Waals surface area contributed by atoms with Gasteiger partial charge in [-0.15, -0.1) is 22.9 Å². The Morgan fingerprint density at radius 3 is 2.60 bits per heavy atom. The van der Waals surface area contributed by atoms with Gasteiger partial charge in [-0.1, -0.05) is 0 Å². The van der Waals surface area contributed by atoms with E-state index < -0.39 is 25.9 Å². The normalized spacial score (nSPS) is 22.5. The van der Waals surface area contributed by atoms with Crippen LogP contribution in [0.5, 0.6) is 0 Å². The van der Waals surface area contributed by atoms with Crippen molar-refractivity contribution < 1.29 is 16.8 Å². The summed E-state index contributed by atoms with van der Waals surface area (Å²) < 4.78 is 49.4. The van der Waals surface area contributed by atoms with E-state index in [2.05, 4.69) is 0 Å². The number of hydrogen-bond donors (Lipinski definition) is 0. The minimum absolute atomic E-state index is 0.0495. The first kappa shape index (κ1) is 16.2. The Hall–Kier alpha value is -0.150. The fraction of sp³-hybridized carbons (Fsp3) is 0.636. The molecule has 1 aromatic heterocycles. The van der Waals surface area contributed by atoms with Crippen LogP contribution < -0.4 is 0 Å². The van der Waals surface area contributed by atoms with Crippen LogP contribution in [0.4, 0.5) is 0 Å². The van der Waals surface area contributed by atoms with E-state index in [1.54, 1.807) is 6.07 Å². The molecule has 0 N–H and O–H groups in total. The van der Waals surface area contributed by atoms with Crippen LogP contribution in [0.3, 0.4) is 0 Å². The second kappa shape index (κ2) is 5.57. The number of halogens is 1. The maximum absolute atomic E-state index is 12.5. The first-order valence-electron chi connectivity index (χ1n) is 6.01. The summed E-state index contributed by atoms with van der Waals surface area (Å²) in [5.41, 5.74) is 0.844. The molecule has 1 atom stereocenters. The van der Waals surface area contributed by atoms with Gasteiger partial charge >= 0.3 is 0 Å². The number of sulfonamides is 1. The van der Waals surface area contributed by atoms with Crippen LogP contribution in [0.25, 0.3) is 0 Å². The molecule has 1 unspecified atom stereocenters. The van der Waals surface area contributed by atoms with Crippen molar-refractivity contribution in [3.63, 3.8) is 0 Å². The number of hydrogen-bond acceptors (Lipinski definition) is 5. The molecule has 9 heteroatoms. The molecular formula is C11H16ClNO4S3. The molecule has 0 amide bonds. The molecule has 20 heavy (non-hydrogen) atoms. The molecule has 0 spiro atoms.